The molecule has 11 aliphatic heterocycles. The van der Waals surface area contributed by atoms with Crippen LogP contribution >= 0.6 is 12.4 Å². The first-order chi connectivity index (χ1) is 69.8. The first-order valence-corrected chi connectivity index (χ1v) is 49.5. The van der Waals surface area contributed by atoms with E-state index in [1.807, 2.05) is 151 Å². The minimum absolute atomic E-state index is 0. The van der Waals surface area contributed by atoms with Crippen LogP contribution in [0.4, 0.5) is 0 Å². The van der Waals surface area contributed by atoms with Crippen LogP contribution in [0.25, 0.3) is 83.5 Å². The topological polar surface area (TPSA) is 817 Å². The lowest BCUT2D eigenvalue weighted by molar-refractivity contribution is -0.311. The molecule has 0 saturated carbocycles. The number of esters is 3. The largest absolute Gasteiger partial charge is 0.463 e. The van der Waals surface area contributed by atoms with Crippen molar-refractivity contribution in [3.63, 3.8) is 0 Å². The number of fused-ring (bicyclic) bond motifs is 2. The smallest absolute Gasteiger partial charge is 0.304 e. The number of carbonyl (C=O) groups excluding carboxylic acids is 3. The number of rotatable bonds is 20. The summed E-state index contributed by atoms with van der Waals surface area (Å²) in [4.78, 5) is 55.0. The molecule has 0 bridgehead atoms. The Hall–Kier alpha value is -9.34. The summed E-state index contributed by atoms with van der Waals surface area (Å²) in [5.41, 5.74) is 75.0. The fraction of sp³-hybridized carbons (Fsp3) is 0.839. The second-order valence-corrected chi connectivity index (χ2v) is 38.3. The van der Waals surface area contributed by atoms with Crippen LogP contribution in [0.5, 0.6) is 0 Å². The van der Waals surface area contributed by atoms with Gasteiger partial charge in [-0.15, -0.1) is 12.4 Å². The molecule has 11 fully saturated rings. The Morgan fingerprint density at radius 2 is 0.642 bits per heavy atom. The molecule has 13 rings (SSSR count). The van der Waals surface area contributed by atoms with Gasteiger partial charge in [0.1, 0.15) is 68.1 Å². The third-order valence-electron chi connectivity index (χ3n) is 28.8. The van der Waals surface area contributed by atoms with Crippen molar-refractivity contribution < 1.29 is 141 Å². The molecule has 54 nitrogen and oxygen atoms in total. The third kappa shape index (κ3) is 37.0. The van der Waals surface area contributed by atoms with Gasteiger partial charge in [-0.25, -0.2) is 0 Å². The maximum atomic E-state index is 11.1. The summed E-state index contributed by atoms with van der Waals surface area (Å²) in [6.07, 6.45) is -12.5. The van der Waals surface area contributed by atoms with E-state index in [9.17, 15) is 50.1 Å². The highest BCUT2D eigenvalue weighted by atomic mass is 35.5. The summed E-state index contributed by atoms with van der Waals surface area (Å²) in [7, 11) is 0. The molecule has 0 spiro atoms. The van der Waals surface area contributed by atoms with E-state index in [4.69, 9.17) is 141 Å². The molecular formula is C93H154ClN25O29. The average Bonchev–Trinajstić information content (AvgIpc) is 0.778. The Morgan fingerprint density at radius 1 is 0.331 bits per heavy atom. The number of halogens is 1. The zero-order valence-electron chi connectivity index (χ0n) is 87.7. The fourth-order valence-electron chi connectivity index (χ4n) is 19.2. The van der Waals surface area contributed by atoms with Crippen LogP contribution in [-0.4, -0.2) is 322 Å². The van der Waals surface area contributed by atoms with Crippen molar-refractivity contribution in [3.05, 3.63) is 155 Å². The number of nitrogens with two attached hydrogens (primary N) is 1. The molecule has 0 radical (unpaired) electrons. The van der Waals surface area contributed by atoms with Gasteiger partial charge < -0.3 is 133 Å². The van der Waals surface area contributed by atoms with Crippen LogP contribution in [0.1, 0.15) is 195 Å². The monoisotopic (exact) mass is 2120 g/mol. The molecule has 148 heavy (non-hydrogen) atoms. The van der Waals surface area contributed by atoms with Gasteiger partial charge in [-0.1, -0.05) is 192 Å². The van der Waals surface area contributed by atoms with Crippen molar-refractivity contribution in [1.82, 2.24) is 0 Å². The molecule has 55 heteroatoms. The average molecular weight is 2120 g/mol. The number of aliphatic hydroxyl groups is 10. The highest BCUT2D eigenvalue weighted by Gasteiger charge is 2.52. The van der Waals surface area contributed by atoms with Gasteiger partial charge in [-0.2, -0.15) is 0 Å². The minimum atomic E-state index is -1.35. The number of aliphatic hydroxyl groups excluding tert-OH is 10. The first-order valence-electron chi connectivity index (χ1n) is 49.5. The molecule has 2 aromatic carbocycles. The van der Waals surface area contributed by atoms with Crippen LogP contribution in [-0.2, 0) is 90.2 Å². The molecule has 12 N–H and O–H groups in total. The van der Waals surface area contributed by atoms with E-state index in [0.717, 1.165) is 30.4 Å². The van der Waals surface area contributed by atoms with Crippen molar-refractivity contribution in [2.24, 2.45) is 106 Å². The lowest BCUT2D eigenvalue weighted by atomic mass is 9.80. The number of carbonyl (C=O) groups is 3. The maximum absolute atomic E-state index is 11.1. The van der Waals surface area contributed by atoms with Gasteiger partial charge in [0.2, 0.25) is 6.29 Å². The normalized spacial score (nSPS) is 40.1. The molecule has 832 valence electrons. The lowest BCUT2D eigenvalue weighted by Gasteiger charge is -2.47. The molecule has 0 aromatic heterocycles. The van der Waals surface area contributed by atoms with Crippen LogP contribution in [0.15, 0.2) is 102 Å². The lowest BCUT2D eigenvalue weighted by Crippen LogP contribution is -2.61. The summed E-state index contributed by atoms with van der Waals surface area (Å²) >= 11 is 0. The van der Waals surface area contributed by atoms with Crippen molar-refractivity contribution in [2.75, 3.05) is 39.6 Å². The predicted molar refractivity (Wildman–Crippen MR) is 533 cm³/mol. The van der Waals surface area contributed by atoms with Crippen molar-refractivity contribution in [3.8, 4) is 0 Å². The molecule has 11 saturated heterocycles. The van der Waals surface area contributed by atoms with Gasteiger partial charge in [-0.05, 0) is 164 Å². The van der Waals surface area contributed by atoms with Crippen LogP contribution < -0.4 is 5.73 Å². The third-order valence-corrected chi connectivity index (χ3v) is 28.8. The van der Waals surface area contributed by atoms with E-state index in [0.29, 0.717) is 37.1 Å². The van der Waals surface area contributed by atoms with Gasteiger partial charge in [0.25, 0.3) is 0 Å². The van der Waals surface area contributed by atoms with Gasteiger partial charge in [0.15, 0.2) is 25.2 Å². The van der Waals surface area contributed by atoms with E-state index in [1.165, 1.54) is 20.8 Å². The molecule has 0 amide bonds. The Kier molecular flexibility index (Phi) is 58.2. The minimum Gasteiger partial charge on any atom is -0.463 e. The molecule has 11 aliphatic rings. The number of hydrogen-bond donors (Lipinski definition) is 11. The quantitative estimate of drug-likeness (QED) is 0.0193. The Morgan fingerprint density at radius 3 is 1.07 bits per heavy atom. The summed E-state index contributed by atoms with van der Waals surface area (Å²) < 4.78 is 87.9. The van der Waals surface area contributed by atoms with E-state index >= 15 is 0 Å². The molecule has 2 aromatic rings. The molecule has 0 aliphatic carbocycles. The van der Waals surface area contributed by atoms with Crippen molar-refractivity contribution in [1.29, 1.82) is 0 Å². The SMILES string of the molecule is CC(=O)OCC1O[C@@H](OC(C)=O)C(N=[N+]=[N-])[C@@H](C)[C@@H]1C.CC(=O)OCC1O[C@H](C)C(N=[N+]=[N-])[C@@H](C)[C@@H]1C.CCC1O[C@@H](O)C(N=[N+]=[N-])[C@@H](C)[C@@H]1C.CCC1O[C@H](C)C(N=[N+]=[N-])[C@@H](C)[C@@H]1C.CCC1O[C@H](C)C(N=[N+]=[N-])[C@@H](C)[C@@H]1O.C[C@@H]1OC2COC(c3ccccc3)O[C@H]2[C@H](C)C1N=[N+]=[N-].C[C@H]1OC(CO)[C@@H](O)[C@H](O)C1N=[N+]=[N-].C[C@H]1OC2COC(c3ccccc3)O[C@H]2[C@H](O)C1N=[N+]=[N-].Cl.NC1[C@H](O)OC(CO)[C@@H](O)[C@@H]1O. The van der Waals surface area contributed by atoms with Gasteiger partial charge >= 0.3 is 17.9 Å². The van der Waals surface area contributed by atoms with E-state index in [1.54, 1.807) is 13.8 Å². The highest BCUT2D eigenvalue weighted by Crippen LogP contribution is 2.43. The van der Waals surface area contributed by atoms with E-state index < -0.39 is 147 Å². The van der Waals surface area contributed by atoms with Crippen molar-refractivity contribution in [2.45, 2.75) is 398 Å². The number of ether oxygens (including phenoxy) is 16. The second-order valence-electron chi connectivity index (χ2n) is 38.3. The number of azide groups is 8. The van der Waals surface area contributed by atoms with Crippen LogP contribution in [0, 0.1) is 59.2 Å². The Bertz CT molecular complexity index is 4410. The summed E-state index contributed by atoms with van der Waals surface area (Å²) in [5, 5.41) is 123. The molecule has 11 heterocycles. The number of nitrogens with zero attached hydrogens (tertiary/aromatic N) is 24. The molecule has 20 unspecified atom stereocenters. The zero-order chi connectivity index (χ0) is 110. The Labute approximate surface area is 866 Å². The summed E-state index contributed by atoms with van der Waals surface area (Å²) in [6.45, 7) is 41.5. The van der Waals surface area contributed by atoms with E-state index in [2.05, 4.69) is 108 Å². The predicted octanol–water partition coefficient (Wildman–Crippen LogP) is 12.6. The number of hydrogen-bond acceptors (Lipinski definition) is 38. The standard InChI is InChI=1S/C15H19N3O3.C14H17N3O4.C12H19N3O5.C11H19N3O3.C10H19N3O.2C9H17N3O2.C7H13N3O4.C6H13NO5.ClH/c1-9-13(17-18-16)10(2)20-12-8-19-15(21-14(9)12)11-6-4-3-5-7-11;1-8-11(16-17-15)12(18)13-10(20-8)7-19-14(21-13)9-5-3-2-4-6-9;1-6-7(2)11(14-15-13)12(19-9(4)17)20-10(6)5-18-8(3)16;1-6-7(2)11(13-14-12)8(3)17-10(6)5-16-9(4)15;1-5-9-6(2)7(3)10(12-13-11)8(4)14-9;1-4-7-9(13)5(2)8(11-12-10)6(3)14-7;1-4-7-5(2)6(3)8(11-12-10)9(13)14-7;1-3-5(9-10-8)7(13)6(12)4(2-11)14-3;7-3-5(10)4(9)2(1-8)12-6(3)11;/h3-7,9-10,12-15H,8H2,1-2H3;2-6,8,10-14,18H,7H2,1H3;6-7,10-12H,5H2,1-4H3;6-8,10-11H,5H2,1-4H3;6-10H,5H2,1-4H3;2*5-9,13H,4H2,1-3H3;3-7,11-13H,2H2,1H3;2-6,8-11H,1,7H2;1H/t9-,10+,12?,13?,14+,15?;8-,10?,11?,12-,13-,14?;6-,7-,10?,11?,12+;6-,7-,8+,10?,11?;6-,7-,8+,9?,10?;2*5-,6-,7?,8?,9+;3-,4?,5?,6-,7-;2?,3?,4-,5-,6-;/m110001011./s1. The zero-order valence-corrected chi connectivity index (χ0v) is 88.5. The first kappa shape index (κ1) is 131. The summed E-state index contributed by atoms with van der Waals surface area (Å²) in [5.74, 6) is 0.417. The van der Waals surface area contributed by atoms with Gasteiger partial charge in [-0.3, -0.25) is 14.4 Å². The van der Waals surface area contributed by atoms with Crippen LogP contribution in [0.2, 0.25) is 0 Å². The highest BCUT2D eigenvalue weighted by molar-refractivity contribution is 5.85. The molecular weight excluding hydrogens is 1970 g/mol. The van der Waals surface area contributed by atoms with Gasteiger partial charge in [0.05, 0.1) is 166 Å². The van der Waals surface area contributed by atoms with Crippen molar-refractivity contribution >= 4 is 30.3 Å². The Balaban J connectivity index is 0.000000349. The second kappa shape index (κ2) is 65.8. The fourth-order valence-corrected chi connectivity index (χ4v) is 19.2. The van der Waals surface area contributed by atoms with Crippen LogP contribution in [0.3, 0.4) is 0 Å². The number of benzene rings is 2. The van der Waals surface area contributed by atoms with Gasteiger partial charge in [0, 0.05) is 71.2 Å². The maximum Gasteiger partial charge on any atom is 0.304 e. The van der Waals surface area contributed by atoms with E-state index in [-0.39, 0.29) is 171 Å². The molecule has 47 atom stereocenters. The summed E-state index contributed by atoms with van der Waals surface area (Å²) in [6, 6.07) is 15.1.